The smallest absolute Gasteiger partial charge is 0.264 e. The highest BCUT2D eigenvalue weighted by Gasteiger charge is 2.28. The molecule has 5 nitrogen and oxygen atoms in total. The van der Waals surface area contributed by atoms with E-state index in [0.717, 1.165) is 33.9 Å². The second-order valence-electron chi connectivity index (χ2n) is 8.12. The molecule has 1 N–H and O–H groups in total. The Balaban J connectivity index is 1.52. The predicted molar refractivity (Wildman–Crippen MR) is 133 cm³/mol. The first-order valence-electron chi connectivity index (χ1n) is 10.9. The van der Waals surface area contributed by atoms with E-state index in [1.807, 2.05) is 53.1 Å². The Bertz CT molecular complexity index is 1490. The number of anilines is 1. The summed E-state index contributed by atoms with van der Waals surface area (Å²) in [6.45, 7) is 0.0425. The van der Waals surface area contributed by atoms with Gasteiger partial charge in [-0.05, 0) is 48.5 Å². The van der Waals surface area contributed by atoms with Gasteiger partial charge in [0, 0.05) is 21.8 Å². The number of hydrogen-bond donors (Lipinski definition) is 1. The number of rotatable bonds is 7. The Labute approximate surface area is 197 Å². The zero-order valence-electron chi connectivity index (χ0n) is 18.3. The van der Waals surface area contributed by atoms with Gasteiger partial charge in [-0.3, -0.25) is 4.31 Å². The number of para-hydroxylation sites is 3. The van der Waals surface area contributed by atoms with E-state index >= 15 is 0 Å². The van der Waals surface area contributed by atoms with Crippen molar-refractivity contribution in [1.82, 2.24) is 4.57 Å². The molecule has 1 atom stereocenters. The van der Waals surface area contributed by atoms with Crippen molar-refractivity contribution in [2.75, 3.05) is 10.8 Å². The quantitative estimate of drug-likeness (QED) is 0.353. The van der Waals surface area contributed by atoms with Crippen LogP contribution in [0.4, 0.5) is 10.1 Å². The summed E-state index contributed by atoms with van der Waals surface area (Å²) in [5.41, 5.74) is 2.36. The predicted octanol–water partition coefficient (Wildman–Crippen LogP) is 5.19. The Morgan fingerprint density at radius 3 is 1.88 bits per heavy atom. The van der Waals surface area contributed by atoms with Gasteiger partial charge in [0.1, 0.15) is 5.82 Å². The molecule has 0 aliphatic carbocycles. The summed E-state index contributed by atoms with van der Waals surface area (Å²) in [4.78, 5) is -0.0400. The van der Waals surface area contributed by atoms with Crippen molar-refractivity contribution in [3.8, 4) is 0 Å². The fraction of sp³-hybridized carbons (Fsp3) is 0.111. The molecule has 5 rings (SSSR count). The topological polar surface area (TPSA) is 62.5 Å². The number of benzene rings is 4. The van der Waals surface area contributed by atoms with Crippen LogP contribution in [0.15, 0.2) is 108 Å². The maximum absolute atomic E-state index is 13.5. The Morgan fingerprint density at radius 2 is 1.29 bits per heavy atom. The second kappa shape index (κ2) is 8.93. The summed E-state index contributed by atoms with van der Waals surface area (Å²) in [5.74, 6) is -0.517. The zero-order chi connectivity index (χ0) is 23.7. The van der Waals surface area contributed by atoms with E-state index in [9.17, 15) is 17.9 Å². The van der Waals surface area contributed by atoms with Crippen molar-refractivity contribution < 1.29 is 17.9 Å². The number of sulfonamides is 1. The summed E-state index contributed by atoms with van der Waals surface area (Å²) >= 11 is 0. The maximum atomic E-state index is 13.5. The number of aliphatic hydroxyl groups is 1. The fourth-order valence-electron chi connectivity index (χ4n) is 4.33. The summed E-state index contributed by atoms with van der Waals surface area (Å²) in [6.07, 6.45) is -1.00. The van der Waals surface area contributed by atoms with Gasteiger partial charge in [-0.15, -0.1) is 0 Å². The van der Waals surface area contributed by atoms with E-state index in [0.29, 0.717) is 5.69 Å². The summed E-state index contributed by atoms with van der Waals surface area (Å²) < 4.78 is 43.6. The van der Waals surface area contributed by atoms with Crippen molar-refractivity contribution in [3.63, 3.8) is 0 Å². The molecule has 0 saturated heterocycles. The van der Waals surface area contributed by atoms with Crippen molar-refractivity contribution >= 4 is 37.5 Å². The molecule has 7 heteroatoms. The highest BCUT2D eigenvalue weighted by Crippen LogP contribution is 2.30. The lowest BCUT2D eigenvalue weighted by molar-refractivity contribution is 0.166. The molecule has 0 aliphatic rings. The Hall–Kier alpha value is -3.68. The first kappa shape index (κ1) is 22.1. The van der Waals surface area contributed by atoms with E-state index in [4.69, 9.17) is 0 Å². The van der Waals surface area contributed by atoms with E-state index in [2.05, 4.69) is 0 Å². The van der Waals surface area contributed by atoms with Gasteiger partial charge in [0.25, 0.3) is 10.0 Å². The van der Waals surface area contributed by atoms with Gasteiger partial charge < -0.3 is 9.67 Å². The van der Waals surface area contributed by atoms with E-state index < -0.39 is 21.9 Å². The molecule has 34 heavy (non-hydrogen) atoms. The average Bonchev–Trinajstić information content (AvgIpc) is 3.17. The van der Waals surface area contributed by atoms with Gasteiger partial charge in [-0.25, -0.2) is 12.8 Å². The van der Waals surface area contributed by atoms with Crippen LogP contribution in [0.2, 0.25) is 0 Å². The number of fused-ring (bicyclic) bond motifs is 3. The molecule has 0 aliphatic heterocycles. The van der Waals surface area contributed by atoms with Gasteiger partial charge in [0.2, 0.25) is 0 Å². The van der Waals surface area contributed by atoms with Crippen molar-refractivity contribution in [2.24, 2.45) is 0 Å². The first-order chi connectivity index (χ1) is 16.4. The highest BCUT2D eigenvalue weighted by molar-refractivity contribution is 7.92. The lowest BCUT2D eigenvalue weighted by Gasteiger charge is -2.27. The Kier molecular flexibility index (Phi) is 5.81. The van der Waals surface area contributed by atoms with Crippen LogP contribution in [0.25, 0.3) is 21.8 Å². The number of nitrogens with zero attached hydrogens (tertiary/aromatic N) is 2. The summed E-state index contributed by atoms with van der Waals surface area (Å²) in [7, 11) is -4.03. The number of halogens is 1. The average molecular weight is 475 g/mol. The molecule has 0 spiro atoms. The van der Waals surface area contributed by atoms with Crippen LogP contribution in [0.5, 0.6) is 0 Å². The standard InChI is InChI=1S/C27H23FN2O3S/c28-20-14-16-23(17-15-20)34(32,33)30(21-8-2-1-3-9-21)19-22(31)18-29-26-12-6-4-10-24(26)25-11-5-7-13-27(25)29/h1-17,22,31H,18-19H2/t22-/m0/s1. The third-order valence-corrected chi connectivity index (χ3v) is 7.70. The molecule has 0 saturated carbocycles. The van der Waals surface area contributed by atoms with Crippen LogP contribution in [-0.2, 0) is 16.6 Å². The summed E-state index contributed by atoms with van der Waals surface area (Å²) in [5, 5.41) is 13.3. The first-order valence-corrected chi connectivity index (χ1v) is 12.4. The minimum absolute atomic E-state index is 0.0400. The summed E-state index contributed by atoms with van der Waals surface area (Å²) in [6, 6.07) is 29.2. The van der Waals surface area contributed by atoms with E-state index in [1.165, 1.54) is 16.4 Å². The molecule has 5 aromatic rings. The van der Waals surface area contributed by atoms with Gasteiger partial charge in [-0.2, -0.15) is 0 Å². The second-order valence-corrected chi connectivity index (χ2v) is 9.99. The van der Waals surface area contributed by atoms with Crippen molar-refractivity contribution in [2.45, 2.75) is 17.5 Å². The zero-order valence-corrected chi connectivity index (χ0v) is 19.1. The Morgan fingerprint density at radius 1 is 0.765 bits per heavy atom. The molecule has 0 unspecified atom stereocenters. The third-order valence-electron chi connectivity index (χ3n) is 5.90. The molecule has 0 amide bonds. The van der Waals surface area contributed by atoms with Crippen LogP contribution in [-0.4, -0.2) is 30.7 Å². The van der Waals surface area contributed by atoms with Crippen molar-refractivity contribution in [1.29, 1.82) is 0 Å². The number of hydrogen-bond acceptors (Lipinski definition) is 3. The largest absolute Gasteiger partial charge is 0.389 e. The molecular formula is C27H23FN2O3S. The number of aromatic nitrogens is 1. The van der Waals surface area contributed by atoms with Crippen LogP contribution >= 0.6 is 0 Å². The van der Waals surface area contributed by atoms with E-state index in [1.54, 1.807) is 30.3 Å². The molecule has 1 heterocycles. The molecule has 0 radical (unpaired) electrons. The number of aliphatic hydroxyl groups excluding tert-OH is 1. The monoisotopic (exact) mass is 474 g/mol. The van der Waals surface area contributed by atoms with Crippen LogP contribution in [0.3, 0.4) is 0 Å². The molecule has 172 valence electrons. The van der Waals surface area contributed by atoms with E-state index in [-0.39, 0.29) is 18.0 Å². The highest BCUT2D eigenvalue weighted by atomic mass is 32.2. The molecule has 0 bridgehead atoms. The lowest BCUT2D eigenvalue weighted by atomic mass is 10.2. The molecular weight excluding hydrogens is 451 g/mol. The van der Waals surface area contributed by atoms with Crippen molar-refractivity contribution in [3.05, 3.63) is 109 Å². The van der Waals surface area contributed by atoms with Crippen LogP contribution < -0.4 is 4.31 Å². The molecule has 0 fully saturated rings. The van der Waals surface area contributed by atoms with Gasteiger partial charge in [0.15, 0.2) is 0 Å². The molecule has 1 aromatic heterocycles. The minimum Gasteiger partial charge on any atom is -0.389 e. The maximum Gasteiger partial charge on any atom is 0.264 e. The lowest BCUT2D eigenvalue weighted by Crippen LogP contribution is -2.39. The third kappa shape index (κ3) is 4.04. The minimum atomic E-state index is -4.03. The SMILES string of the molecule is O=S(=O)(c1ccc(F)cc1)N(C[C@@H](O)Cn1c2ccccc2c2ccccc21)c1ccccc1. The van der Waals surface area contributed by atoms with Gasteiger partial charge in [0.05, 0.1) is 29.8 Å². The molecule has 4 aromatic carbocycles. The van der Waals surface area contributed by atoms with Gasteiger partial charge in [-0.1, -0.05) is 54.6 Å². The van der Waals surface area contributed by atoms with Gasteiger partial charge >= 0.3 is 0 Å². The van der Waals surface area contributed by atoms with Crippen LogP contribution in [0.1, 0.15) is 0 Å². The normalized spacial score (nSPS) is 12.8. The van der Waals surface area contributed by atoms with Crippen LogP contribution in [0, 0.1) is 5.82 Å². The fourth-order valence-corrected chi connectivity index (χ4v) is 5.83.